The molecule has 6 heterocycles. The van der Waals surface area contributed by atoms with E-state index >= 15 is 0 Å². The molecule has 6 aromatic heterocycles. The van der Waals surface area contributed by atoms with E-state index in [0.717, 1.165) is 35.1 Å². The number of carboxylic acid groups (broad SMARTS) is 6. The second-order valence-electron chi connectivity index (χ2n) is 31.0. The standard InChI is InChI=1S/C82H110N22O18.2C2HF3O2/c83-31-14-38-113-50-73-47-104(98-92-73)56-81(58-116-51-68-42-99(93-87-68)33-6-1-19-76(105)106,59-117-52-69-43-100(94-88-69)34-7-2-20-77(107)108)57-114-48-66-27-23-64(24-28-66)15-12-39-121-74-17-11-18-75(41-74)122-40-13-16-65-25-29-67(30-26-65)49-115-60-82(61-118-53-70-44-101(95-89-70)35-8-3-21-78(109)110,62-119-54-71-45-102(96-90-71)36-9-4-22-79(111)112)63-120-55-72-46-103(97-91-72)37-10-5-32-86-80(84)85;2*3-2(4,5)1(6)7/h11,17-18,23-30,41-47H,1-10,14,19-22,31-40,48-63,83H2,(H,105,106)(H,107,108)(H,109,110)(H,111,112)(H4,84,85,86);2*(H,6,7). The summed E-state index contributed by atoms with van der Waals surface area (Å²) in [6.07, 6.45) is 7.58. The second-order valence-corrected chi connectivity index (χ2v) is 31.0. The first-order chi connectivity index (χ1) is 65.3. The van der Waals surface area contributed by atoms with Crippen LogP contribution in [0, 0.1) is 34.5 Å². The number of aliphatic carboxylic acids is 6. The lowest BCUT2D eigenvalue weighted by molar-refractivity contribution is -0.193. The van der Waals surface area contributed by atoms with Gasteiger partial charge in [-0.25, -0.2) is 9.59 Å². The van der Waals surface area contributed by atoms with Crippen LogP contribution in [-0.4, -0.2) is 254 Å². The summed E-state index contributed by atoms with van der Waals surface area (Å²) in [5, 5.41) is 102. The van der Waals surface area contributed by atoms with E-state index in [1.54, 1.807) is 58.9 Å². The van der Waals surface area contributed by atoms with Crippen LogP contribution < -0.4 is 26.7 Å². The largest absolute Gasteiger partial charge is 0.490 e. The summed E-state index contributed by atoms with van der Waals surface area (Å²) < 4.78 is 137. The number of carboxylic acids is 6. The Hall–Kier alpha value is -13.5. The summed E-state index contributed by atoms with van der Waals surface area (Å²) in [5.74, 6) is 4.81. The van der Waals surface area contributed by atoms with Crippen molar-refractivity contribution in [1.29, 1.82) is 0 Å². The van der Waals surface area contributed by atoms with Crippen molar-refractivity contribution in [1.82, 2.24) is 90.0 Å². The zero-order valence-electron chi connectivity index (χ0n) is 74.6. The molecule has 0 bridgehead atoms. The van der Waals surface area contributed by atoms with E-state index in [1.807, 2.05) is 79.1 Å². The highest BCUT2D eigenvalue weighted by Crippen LogP contribution is 2.28. The number of nitrogens with two attached hydrogens (primary N) is 3. The minimum Gasteiger partial charge on any atom is -0.481 e. The normalized spacial score (nSPS) is 11.5. The summed E-state index contributed by atoms with van der Waals surface area (Å²) in [7, 11) is 0. The lowest BCUT2D eigenvalue weighted by Crippen LogP contribution is -2.41. The molecule has 0 spiro atoms. The van der Waals surface area contributed by atoms with Crippen molar-refractivity contribution in [3.8, 4) is 35.2 Å². The number of aliphatic imine (C=N–C) groups is 1. The number of aromatic nitrogens is 18. The Labute approximate surface area is 776 Å². The summed E-state index contributed by atoms with van der Waals surface area (Å²) in [4.78, 5) is 66.1. The number of unbranched alkanes of at least 4 members (excludes halogenated alkanes) is 5. The predicted molar refractivity (Wildman–Crippen MR) is 463 cm³/mol. The molecule has 0 saturated heterocycles. The highest BCUT2D eigenvalue weighted by molar-refractivity contribution is 5.75. The number of benzene rings is 3. The van der Waals surface area contributed by atoms with Gasteiger partial charge in [-0.2, -0.15) is 26.3 Å². The van der Waals surface area contributed by atoms with E-state index < -0.39 is 59.0 Å². The van der Waals surface area contributed by atoms with Crippen molar-refractivity contribution in [2.24, 2.45) is 33.0 Å². The molecule has 0 aliphatic heterocycles. The van der Waals surface area contributed by atoms with Crippen molar-refractivity contribution < 1.29 is 133 Å². The monoisotopic (exact) mass is 1920 g/mol. The molecule has 0 fully saturated rings. The molecular formula is C86H112F6N22O22. The molecule has 44 nitrogen and oxygen atoms in total. The third kappa shape index (κ3) is 46.5. The Kier molecular flexibility index (Phi) is 48.3. The first-order valence-corrected chi connectivity index (χ1v) is 43.0. The Balaban J connectivity index is 0.00000166. The number of carbonyl (C=O) groups is 6. The smallest absolute Gasteiger partial charge is 0.481 e. The number of guanidine groups is 1. The van der Waals surface area contributed by atoms with Gasteiger partial charge in [0.05, 0.1) is 154 Å². The molecule has 0 amide bonds. The molecule has 9 aromatic rings. The predicted octanol–water partition coefficient (Wildman–Crippen LogP) is 7.09. The van der Waals surface area contributed by atoms with Gasteiger partial charge < -0.3 is 95.2 Å². The Morgan fingerprint density at radius 2 is 0.654 bits per heavy atom. The third-order valence-electron chi connectivity index (χ3n) is 18.9. The first-order valence-electron chi connectivity index (χ1n) is 43.0. The zero-order chi connectivity index (χ0) is 98.2. The topological polar surface area (TPSA) is 591 Å². The molecule has 9 rings (SSSR count). The average molecular weight is 1920 g/mol. The number of hydrogen-bond donors (Lipinski definition) is 9. The van der Waals surface area contributed by atoms with Gasteiger partial charge in [-0.05, 0) is 125 Å². The minimum atomic E-state index is -5.08. The van der Waals surface area contributed by atoms with E-state index in [1.165, 1.54) is 0 Å². The van der Waals surface area contributed by atoms with E-state index in [2.05, 4.69) is 90.5 Å². The summed E-state index contributed by atoms with van der Waals surface area (Å²) >= 11 is 0. The lowest BCUT2D eigenvalue weighted by atomic mass is 9.90. The van der Waals surface area contributed by atoms with Gasteiger partial charge in [0.25, 0.3) is 0 Å². The highest BCUT2D eigenvalue weighted by atomic mass is 19.4. The molecule has 0 atom stereocenters. The van der Waals surface area contributed by atoms with Gasteiger partial charge in [0.2, 0.25) is 0 Å². The summed E-state index contributed by atoms with van der Waals surface area (Å²) in [6.45, 7) is 6.62. The van der Waals surface area contributed by atoms with Gasteiger partial charge in [0.15, 0.2) is 5.96 Å². The van der Waals surface area contributed by atoms with Crippen molar-refractivity contribution in [3.05, 3.63) is 166 Å². The molecule has 740 valence electrons. The van der Waals surface area contributed by atoms with Crippen molar-refractivity contribution in [2.45, 2.75) is 201 Å². The molecule has 0 radical (unpaired) electrons. The van der Waals surface area contributed by atoms with Crippen molar-refractivity contribution in [2.75, 3.05) is 79.2 Å². The van der Waals surface area contributed by atoms with Crippen molar-refractivity contribution in [3.63, 3.8) is 0 Å². The molecular weight excluding hydrogens is 1810 g/mol. The quantitative estimate of drug-likeness (QED) is 0.00603. The van der Waals surface area contributed by atoms with Crippen LogP contribution in [-0.2, 0) is 159 Å². The fourth-order valence-corrected chi connectivity index (χ4v) is 12.2. The number of alkyl halides is 6. The van der Waals surface area contributed by atoms with Crippen LogP contribution in [0.2, 0.25) is 0 Å². The first kappa shape index (κ1) is 110. The molecule has 136 heavy (non-hydrogen) atoms. The van der Waals surface area contributed by atoms with Crippen LogP contribution in [0.1, 0.15) is 153 Å². The molecule has 50 heteroatoms. The van der Waals surface area contributed by atoms with E-state index in [9.17, 15) is 45.5 Å². The molecule has 0 saturated carbocycles. The Morgan fingerprint density at radius 1 is 0.368 bits per heavy atom. The zero-order valence-corrected chi connectivity index (χ0v) is 74.6. The van der Waals surface area contributed by atoms with Gasteiger partial charge in [-0.15, -0.1) is 30.6 Å². The highest BCUT2D eigenvalue weighted by Gasteiger charge is 2.40. The van der Waals surface area contributed by atoms with Gasteiger partial charge >= 0.3 is 48.2 Å². The number of halogens is 6. The van der Waals surface area contributed by atoms with Crippen molar-refractivity contribution >= 4 is 41.8 Å². The van der Waals surface area contributed by atoms with Gasteiger partial charge in [-0.1, -0.05) is 85.3 Å². The number of hydrogen-bond acceptors (Lipinski definition) is 30. The van der Waals surface area contributed by atoms with Crippen LogP contribution in [0.4, 0.5) is 26.3 Å². The van der Waals surface area contributed by atoms with Gasteiger partial charge in [0.1, 0.15) is 58.9 Å². The second kappa shape index (κ2) is 60.0. The Morgan fingerprint density at radius 3 is 0.956 bits per heavy atom. The van der Waals surface area contributed by atoms with Gasteiger partial charge in [-0.3, -0.25) is 52.3 Å². The van der Waals surface area contributed by atoms with Crippen LogP contribution in [0.3, 0.4) is 0 Å². The van der Waals surface area contributed by atoms with E-state index in [-0.39, 0.29) is 151 Å². The number of nitrogens with zero attached hydrogens (tertiary/aromatic N) is 19. The van der Waals surface area contributed by atoms with Crippen LogP contribution in [0.15, 0.2) is 115 Å². The SMILES string of the molecule is NCCCOCc1cn(CC(COCc2ccc(C#CCOc3cccc(OCC#Cc4ccc(COCC(COCc5cn(CCCCN=C(N)N)nn5)(COCc5cn(CCCCC(=O)O)nn5)COCc5cn(CCCCC(=O)O)nn5)cc4)c3)cc2)(COCc2cn(CCCCC(=O)O)nn2)COCc2cn(CCCCC(=O)O)nn2)nn1.O=C(O)C(F)(F)F.O=C(O)C(F)(F)F. The number of aryl methyl sites for hydroxylation is 5. The van der Waals surface area contributed by atoms with Crippen LogP contribution >= 0.6 is 0 Å². The fourth-order valence-electron chi connectivity index (χ4n) is 12.2. The number of ether oxygens (including phenoxy) is 10. The maximum absolute atomic E-state index is 11.1. The van der Waals surface area contributed by atoms with Crippen LogP contribution in [0.25, 0.3) is 0 Å². The molecule has 12 N–H and O–H groups in total. The Bertz CT molecular complexity index is 5060. The molecule has 0 aliphatic rings. The molecule has 0 aliphatic carbocycles. The molecule has 0 unspecified atom stereocenters. The lowest BCUT2D eigenvalue weighted by Gasteiger charge is -2.33. The maximum atomic E-state index is 11.1. The van der Waals surface area contributed by atoms with E-state index in [0.29, 0.717) is 156 Å². The summed E-state index contributed by atoms with van der Waals surface area (Å²) in [6, 6.07) is 22.6. The third-order valence-corrected chi connectivity index (χ3v) is 18.9. The average Bonchev–Trinajstić information content (AvgIpc) is 1.54. The number of rotatable bonds is 64. The maximum Gasteiger partial charge on any atom is 0.490 e. The van der Waals surface area contributed by atoms with Gasteiger partial charge in [0, 0.05) is 88.8 Å². The summed E-state index contributed by atoms with van der Waals surface area (Å²) in [5.41, 5.74) is 21.7. The van der Waals surface area contributed by atoms with Crippen LogP contribution in [0.5, 0.6) is 11.5 Å². The fraction of sp³-hybridized carbons (Fsp3) is 0.523. The minimum absolute atomic E-state index is 0.0467. The van der Waals surface area contributed by atoms with E-state index in [4.69, 9.17) is 105 Å². The molecule has 3 aromatic carbocycles.